The van der Waals surface area contributed by atoms with E-state index in [4.69, 9.17) is 0 Å². The fourth-order valence-corrected chi connectivity index (χ4v) is 2.90. The Labute approximate surface area is 129 Å². The van der Waals surface area contributed by atoms with Crippen molar-refractivity contribution in [1.82, 2.24) is 14.7 Å². The molecule has 0 fully saturated rings. The number of hydrogen-bond acceptors (Lipinski definition) is 4. The van der Waals surface area contributed by atoms with Crippen LogP contribution in [0.25, 0.3) is 11.0 Å². The zero-order valence-corrected chi connectivity index (χ0v) is 13.6. The fourth-order valence-electron chi connectivity index (χ4n) is 2.10. The monoisotopic (exact) mass is 324 g/mol. The molecule has 0 radical (unpaired) electrons. The van der Waals surface area contributed by atoms with E-state index >= 15 is 0 Å². The van der Waals surface area contributed by atoms with Gasteiger partial charge < -0.3 is 4.98 Å². The predicted molar refractivity (Wildman–Crippen MR) is 85.9 cm³/mol. The number of H-pyrrole nitrogens is 1. The third-order valence-electron chi connectivity index (χ3n) is 3.47. The van der Waals surface area contributed by atoms with Crippen molar-refractivity contribution in [2.24, 2.45) is 5.92 Å². The molecule has 1 aromatic carbocycles. The lowest BCUT2D eigenvalue weighted by Gasteiger charge is -2.21. The SMILES string of the molecule is CCC(C)C(NS(C)(=O)=O)C(=O)Nc1nc2ccccc2[nH]1. The lowest BCUT2D eigenvalue weighted by Crippen LogP contribution is -2.47. The van der Waals surface area contributed by atoms with Crippen LogP contribution in [0.4, 0.5) is 5.95 Å². The van der Waals surface area contributed by atoms with Crippen LogP contribution in [0.1, 0.15) is 20.3 Å². The van der Waals surface area contributed by atoms with Gasteiger partial charge in [-0.15, -0.1) is 0 Å². The van der Waals surface area contributed by atoms with Gasteiger partial charge in [0.2, 0.25) is 21.9 Å². The molecule has 3 N–H and O–H groups in total. The standard InChI is InChI=1S/C14H20N4O3S/c1-4-9(2)12(18-22(3,20)21)13(19)17-14-15-10-7-5-6-8-11(10)16-14/h5-9,12,18H,4H2,1-3H3,(H2,15,16,17,19). The van der Waals surface area contributed by atoms with Crippen LogP contribution in [-0.4, -0.2) is 36.6 Å². The van der Waals surface area contributed by atoms with E-state index in [0.717, 1.165) is 17.3 Å². The molecule has 8 heteroatoms. The molecule has 120 valence electrons. The van der Waals surface area contributed by atoms with Crippen molar-refractivity contribution >= 4 is 32.9 Å². The number of fused-ring (bicyclic) bond motifs is 1. The van der Waals surface area contributed by atoms with Crippen molar-refractivity contribution in [2.45, 2.75) is 26.3 Å². The molecule has 2 unspecified atom stereocenters. The molecule has 0 aliphatic carbocycles. The lowest BCUT2D eigenvalue weighted by atomic mass is 9.99. The normalized spacial score (nSPS) is 14.7. The van der Waals surface area contributed by atoms with Crippen LogP contribution in [-0.2, 0) is 14.8 Å². The molecule has 2 rings (SSSR count). The first-order valence-corrected chi connectivity index (χ1v) is 8.92. The Morgan fingerprint density at radius 2 is 2.05 bits per heavy atom. The van der Waals surface area contributed by atoms with E-state index in [1.165, 1.54) is 0 Å². The van der Waals surface area contributed by atoms with E-state index in [1.54, 1.807) is 0 Å². The number of carbonyl (C=O) groups is 1. The Bertz CT molecular complexity index is 736. The number of hydrogen-bond donors (Lipinski definition) is 3. The summed E-state index contributed by atoms with van der Waals surface area (Å²) in [5.41, 5.74) is 1.53. The lowest BCUT2D eigenvalue weighted by molar-refractivity contribution is -0.118. The molecule has 0 aliphatic heterocycles. The molecule has 0 aliphatic rings. The molecule has 1 heterocycles. The molecule has 0 saturated carbocycles. The Morgan fingerprint density at radius 3 is 2.64 bits per heavy atom. The van der Waals surface area contributed by atoms with Crippen LogP contribution in [0.3, 0.4) is 0 Å². The van der Waals surface area contributed by atoms with Crippen LogP contribution < -0.4 is 10.0 Å². The second-order valence-corrected chi connectivity index (χ2v) is 7.13. The van der Waals surface area contributed by atoms with Crippen molar-refractivity contribution in [3.05, 3.63) is 24.3 Å². The third kappa shape index (κ3) is 4.05. The van der Waals surface area contributed by atoms with Gasteiger partial charge in [0, 0.05) is 0 Å². The summed E-state index contributed by atoms with van der Waals surface area (Å²) in [6.45, 7) is 3.72. The van der Waals surface area contributed by atoms with E-state index in [9.17, 15) is 13.2 Å². The molecule has 1 amide bonds. The summed E-state index contributed by atoms with van der Waals surface area (Å²) >= 11 is 0. The van der Waals surface area contributed by atoms with Crippen LogP contribution in [0.5, 0.6) is 0 Å². The zero-order chi connectivity index (χ0) is 16.3. The van der Waals surface area contributed by atoms with Crippen molar-refractivity contribution in [3.8, 4) is 0 Å². The molecule has 22 heavy (non-hydrogen) atoms. The number of amides is 1. The number of nitrogens with one attached hydrogen (secondary N) is 3. The summed E-state index contributed by atoms with van der Waals surface area (Å²) in [6.07, 6.45) is 1.71. The van der Waals surface area contributed by atoms with Gasteiger partial charge in [-0.05, 0) is 18.1 Å². The largest absolute Gasteiger partial charge is 0.324 e. The molecule has 7 nitrogen and oxygen atoms in total. The third-order valence-corrected chi connectivity index (χ3v) is 4.15. The first-order valence-electron chi connectivity index (χ1n) is 7.03. The zero-order valence-electron chi connectivity index (χ0n) is 12.8. The van der Waals surface area contributed by atoms with Gasteiger partial charge in [0.25, 0.3) is 0 Å². The van der Waals surface area contributed by atoms with Gasteiger partial charge in [0.1, 0.15) is 6.04 Å². The second-order valence-electron chi connectivity index (χ2n) is 5.35. The molecule has 2 atom stereocenters. The minimum Gasteiger partial charge on any atom is -0.324 e. The Kier molecular flexibility index (Phi) is 4.82. The first-order chi connectivity index (χ1) is 10.3. The number of imidazole rings is 1. The molecule has 1 aromatic heterocycles. The Balaban J connectivity index is 2.19. The van der Waals surface area contributed by atoms with E-state index in [1.807, 2.05) is 38.1 Å². The smallest absolute Gasteiger partial charge is 0.245 e. The summed E-state index contributed by atoms with van der Waals surface area (Å²) < 4.78 is 25.3. The van der Waals surface area contributed by atoms with Crippen molar-refractivity contribution in [2.75, 3.05) is 11.6 Å². The number of benzene rings is 1. The number of aromatic amines is 1. The Morgan fingerprint density at radius 1 is 1.36 bits per heavy atom. The van der Waals surface area contributed by atoms with E-state index in [2.05, 4.69) is 20.0 Å². The molecular weight excluding hydrogens is 304 g/mol. The maximum atomic E-state index is 12.4. The minimum absolute atomic E-state index is 0.140. The van der Waals surface area contributed by atoms with Crippen LogP contribution in [0.15, 0.2) is 24.3 Å². The average Bonchev–Trinajstić information content (AvgIpc) is 2.85. The van der Waals surface area contributed by atoms with E-state index in [-0.39, 0.29) is 5.92 Å². The number of nitrogens with zero attached hydrogens (tertiary/aromatic N) is 1. The van der Waals surface area contributed by atoms with Gasteiger partial charge in [-0.1, -0.05) is 32.4 Å². The van der Waals surface area contributed by atoms with Gasteiger partial charge >= 0.3 is 0 Å². The van der Waals surface area contributed by atoms with Crippen LogP contribution in [0.2, 0.25) is 0 Å². The van der Waals surface area contributed by atoms with Gasteiger partial charge in [-0.25, -0.2) is 18.1 Å². The molecule has 0 spiro atoms. The second kappa shape index (κ2) is 6.45. The van der Waals surface area contributed by atoms with Gasteiger partial charge in [0.15, 0.2) is 0 Å². The summed E-state index contributed by atoms with van der Waals surface area (Å²) in [7, 11) is -3.48. The maximum Gasteiger partial charge on any atom is 0.245 e. The highest BCUT2D eigenvalue weighted by Crippen LogP contribution is 2.15. The molecule has 0 saturated heterocycles. The predicted octanol–water partition coefficient (Wildman–Crippen LogP) is 1.47. The number of rotatable bonds is 6. The molecular formula is C14H20N4O3S. The highest BCUT2D eigenvalue weighted by atomic mass is 32.2. The maximum absolute atomic E-state index is 12.4. The van der Waals surface area contributed by atoms with Crippen molar-refractivity contribution in [3.63, 3.8) is 0 Å². The van der Waals surface area contributed by atoms with E-state index < -0.39 is 22.0 Å². The van der Waals surface area contributed by atoms with Crippen LogP contribution in [0, 0.1) is 5.92 Å². The van der Waals surface area contributed by atoms with Gasteiger partial charge in [-0.3, -0.25) is 10.1 Å². The highest BCUT2D eigenvalue weighted by Gasteiger charge is 2.27. The van der Waals surface area contributed by atoms with E-state index in [0.29, 0.717) is 12.4 Å². The van der Waals surface area contributed by atoms with Gasteiger partial charge in [-0.2, -0.15) is 0 Å². The summed E-state index contributed by atoms with van der Waals surface area (Å²) in [6, 6.07) is 6.54. The van der Waals surface area contributed by atoms with Crippen molar-refractivity contribution in [1.29, 1.82) is 0 Å². The summed E-state index contributed by atoms with van der Waals surface area (Å²) in [4.78, 5) is 19.6. The number of sulfonamides is 1. The number of para-hydroxylation sites is 2. The first kappa shape index (κ1) is 16.4. The van der Waals surface area contributed by atoms with Gasteiger partial charge in [0.05, 0.1) is 17.3 Å². The number of aromatic nitrogens is 2. The molecule has 0 bridgehead atoms. The van der Waals surface area contributed by atoms with Crippen LogP contribution >= 0.6 is 0 Å². The number of anilines is 1. The minimum atomic E-state index is -3.48. The van der Waals surface area contributed by atoms with Crippen molar-refractivity contribution < 1.29 is 13.2 Å². The quantitative estimate of drug-likeness (QED) is 0.748. The average molecular weight is 324 g/mol. The Hall–Kier alpha value is -1.93. The fraction of sp³-hybridized carbons (Fsp3) is 0.429. The topological polar surface area (TPSA) is 104 Å². The highest BCUT2D eigenvalue weighted by molar-refractivity contribution is 7.88. The number of carbonyl (C=O) groups excluding carboxylic acids is 1. The summed E-state index contributed by atoms with van der Waals surface area (Å²) in [5.74, 6) is -0.271. The summed E-state index contributed by atoms with van der Waals surface area (Å²) in [5, 5.41) is 2.64. The molecule has 2 aromatic rings.